The van der Waals surface area contributed by atoms with Gasteiger partial charge in [0.05, 0.1) is 11.2 Å². The van der Waals surface area contributed by atoms with Gasteiger partial charge < -0.3 is 16.0 Å². The predicted molar refractivity (Wildman–Crippen MR) is 87.0 cm³/mol. The fraction of sp³-hybridized carbons (Fsp3) is 0.438. The van der Waals surface area contributed by atoms with Crippen LogP contribution in [0.3, 0.4) is 0 Å². The standard InChI is InChI=1S/C16H24N4/c1-4-12(2)20(3)11-10-18-15-8-7-14(17)16-13(15)6-5-9-19-16/h5-9,12,18H,4,10-11,17H2,1-3H3. The highest BCUT2D eigenvalue weighted by Crippen LogP contribution is 2.26. The molecule has 0 amide bonds. The van der Waals surface area contributed by atoms with Gasteiger partial charge in [-0.05, 0) is 44.7 Å². The molecule has 0 saturated heterocycles. The molecule has 2 rings (SSSR count). The van der Waals surface area contributed by atoms with Gasteiger partial charge in [0.25, 0.3) is 0 Å². The van der Waals surface area contributed by atoms with E-state index in [4.69, 9.17) is 5.73 Å². The van der Waals surface area contributed by atoms with Crippen molar-refractivity contribution in [2.24, 2.45) is 0 Å². The summed E-state index contributed by atoms with van der Waals surface area (Å²) in [7, 11) is 2.17. The molecule has 1 aromatic carbocycles. The number of likely N-dealkylation sites (N-methyl/N-ethyl adjacent to an activating group) is 1. The number of nitrogens with one attached hydrogen (secondary N) is 1. The number of pyridine rings is 1. The topological polar surface area (TPSA) is 54.2 Å². The molecule has 0 bridgehead atoms. The summed E-state index contributed by atoms with van der Waals surface area (Å²) in [6.07, 6.45) is 2.95. The predicted octanol–water partition coefficient (Wildman–Crippen LogP) is 2.96. The van der Waals surface area contributed by atoms with Crippen LogP contribution in [0.1, 0.15) is 20.3 Å². The molecule has 0 aliphatic carbocycles. The summed E-state index contributed by atoms with van der Waals surface area (Å²) in [5, 5.41) is 4.57. The molecule has 1 unspecified atom stereocenters. The van der Waals surface area contributed by atoms with E-state index >= 15 is 0 Å². The number of nitrogen functional groups attached to an aromatic ring is 1. The normalized spacial score (nSPS) is 12.8. The first-order valence-electron chi connectivity index (χ1n) is 7.20. The van der Waals surface area contributed by atoms with Crippen molar-refractivity contribution >= 4 is 22.3 Å². The molecule has 0 fully saturated rings. The van der Waals surface area contributed by atoms with Crippen LogP contribution in [0.5, 0.6) is 0 Å². The Bertz CT molecular complexity index is 567. The summed E-state index contributed by atoms with van der Waals surface area (Å²) in [5.74, 6) is 0. The van der Waals surface area contributed by atoms with Gasteiger partial charge in [-0.15, -0.1) is 0 Å². The summed E-state index contributed by atoms with van der Waals surface area (Å²) in [6, 6.07) is 8.55. The lowest BCUT2D eigenvalue weighted by Crippen LogP contribution is -2.32. The SMILES string of the molecule is CCC(C)N(C)CCNc1ccc(N)c2ncccc12. The van der Waals surface area contributed by atoms with E-state index in [1.807, 2.05) is 18.2 Å². The average molecular weight is 272 g/mol. The third-order valence-electron chi connectivity index (χ3n) is 3.92. The van der Waals surface area contributed by atoms with E-state index < -0.39 is 0 Å². The molecule has 4 nitrogen and oxygen atoms in total. The lowest BCUT2D eigenvalue weighted by molar-refractivity contribution is 0.261. The van der Waals surface area contributed by atoms with Crippen LogP contribution in [0.4, 0.5) is 11.4 Å². The molecular formula is C16H24N4. The van der Waals surface area contributed by atoms with E-state index in [1.165, 1.54) is 6.42 Å². The molecule has 0 spiro atoms. The van der Waals surface area contributed by atoms with Crippen molar-refractivity contribution < 1.29 is 0 Å². The zero-order valence-electron chi connectivity index (χ0n) is 12.6. The van der Waals surface area contributed by atoms with Gasteiger partial charge in [0.2, 0.25) is 0 Å². The van der Waals surface area contributed by atoms with Crippen LogP contribution in [-0.2, 0) is 0 Å². The van der Waals surface area contributed by atoms with E-state index in [-0.39, 0.29) is 0 Å². The first-order valence-corrected chi connectivity index (χ1v) is 7.20. The van der Waals surface area contributed by atoms with Gasteiger partial charge in [-0.3, -0.25) is 4.98 Å². The molecule has 0 saturated carbocycles. The maximum absolute atomic E-state index is 5.96. The number of nitrogens with zero attached hydrogens (tertiary/aromatic N) is 2. The van der Waals surface area contributed by atoms with Gasteiger partial charge in [0.15, 0.2) is 0 Å². The molecule has 1 heterocycles. The van der Waals surface area contributed by atoms with E-state index in [2.05, 4.69) is 42.2 Å². The lowest BCUT2D eigenvalue weighted by atomic mass is 10.1. The maximum atomic E-state index is 5.96. The first kappa shape index (κ1) is 14.6. The van der Waals surface area contributed by atoms with Crippen LogP contribution < -0.4 is 11.1 Å². The Kier molecular flexibility index (Phi) is 4.79. The largest absolute Gasteiger partial charge is 0.397 e. The second kappa shape index (κ2) is 6.57. The van der Waals surface area contributed by atoms with Crippen molar-refractivity contribution in [2.45, 2.75) is 26.3 Å². The number of benzene rings is 1. The van der Waals surface area contributed by atoms with Gasteiger partial charge in [-0.2, -0.15) is 0 Å². The molecule has 0 aliphatic rings. The minimum atomic E-state index is 0.613. The summed E-state index contributed by atoms with van der Waals surface area (Å²) in [4.78, 5) is 6.72. The van der Waals surface area contributed by atoms with Gasteiger partial charge in [0.1, 0.15) is 0 Å². The van der Waals surface area contributed by atoms with Crippen LogP contribution >= 0.6 is 0 Å². The summed E-state index contributed by atoms with van der Waals surface area (Å²) < 4.78 is 0. The second-order valence-electron chi connectivity index (χ2n) is 5.27. The highest BCUT2D eigenvalue weighted by molar-refractivity contribution is 5.98. The maximum Gasteiger partial charge on any atom is 0.0951 e. The molecule has 2 aromatic rings. The number of nitrogens with two attached hydrogens (primary N) is 1. The summed E-state index contributed by atoms with van der Waals surface area (Å²) in [5.41, 5.74) is 8.65. The molecular weight excluding hydrogens is 248 g/mol. The van der Waals surface area contributed by atoms with Crippen LogP contribution in [-0.4, -0.2) is 36.1 Å². The molecule has 0 aliphatic heterocycles. The van der Waals surface area contributed by atoms with Gasteiger partial charge in [-0.1, -0.05) is 6.92 Å². The quantitative estimate of drug-likeness (QED) is 0.794. The Balaban J connectivity index is 2.06. The van der Waals surface area contributed by atoms with Crippen LogP contribution in [0.2, 0.25) is 0 Å². The van der Waals surface area contributed by atoms with E-state index in [9.17, 15) is 0 Å². The Hall–Kier alpha value is -1.81. The van der Waals surface area contributed by atoms with Gasteiger partial charge in [-0.25, -0.2) is 0 Å². The Morgan fingerprint density at radius 2 is 2.15 bits per heavy atom. The van der Waals surface area contributed by atoms with Crippen LogP contribution in [0.25, 0.3) is 10.9 Å². The number of hydrogen-bond donors (Lipinski definition) is 2. The molecule has 108 valence electrons. The minimum absolute atomic E-state index is 0.613. The highest BCUT2D eigenvalue weighted by atomic mass is 15.1. The monoisotopic (exact) mass is 272 g/mol. The average Bonchev–Trinajstić information content (AvgIpc) is 2.49. The zero-order valence-corrected chi connectivity index (χ0v) is 12.6. The Morgan fingerprint density at radius 3 is 2.90 bits per heavy atom. The van der Waals surface area contributed by atoms with Crippen molar-refractivity contribution in [3.05, 3.63) is 30.5 Å². The van der Waals surface area contributed by atoms with Crippen molar-refractivity contribution in [1.82, 2.24) is 9.88 Å². The molecule has 4 heteroatoms. The third-order valence-corrected chi connectivity index (χ3v) is 3.92. The lowest BCUT2D eigenvalue weighted by Gasteiger charge is -2.23. The van der Waals surface area contributed by atoms with Crippen molar-refractivity contribution in [1.29, 1.82) is 0 Å². The fourth-order valence-corrected chi connectivity index (χ4v) is 2.25. The van der Waals surface area contributed by atoms with Crippen LogP contribution in [0.15, 0.2) is 30.5 Å². The number of rotatable bonds is 6. The van der Waals surface area contributed by atoms with Crippen molar-refractivity contribution in [2.75, 3.05) is 31.2 Å². The first-order chi connectivity index (χ1) is 9.63. The molecule has 0 radical (unpaired) electrons. The Labute approximate surface area is 121 Å². The third kappa shape index (κ3) is 3.20. The van der Waals surface area contributed by atoms with Crippen molar-refractivity contribution in [3.8, 4) is 0 Å². The summed E-state index contributed by atoms with van der Waals surface area (Å²) in [6.45, 7) is 6.40. The fourth-order valence-electron chi connectivity index (χ4n) is 2.25. The van der Waals surface area contributed by atoms with E-state index in [1.54, 1.807) is 6.20 Å². The van der Waals surface area contributed by atoms with Gasteiger partial charge >= 0.3 is 0 Å². The molecule has 20 heavy (non-hydrogen) atoms. The van der Waals surface area contributed by atoms with Crippen LogP contribution in [0, 0.1) is 0 Å². The molecule has 3 N–H and O–H groups in total. The number of anilines is 2. The van der Waals surface area contributed by atoms with Gasteiger partial charge in [0, 0.05) is 36.4 Å². The number of aromatic nitrogens is 1. The zero-order chi connectivity index (χ0) is 14.5. The molecule has 1 aromatic heterocycles. The van der Waals surface area contributed by atoms with E-state index in [0.29, 0.717) is 6.04 Å². The minimum Gasteiger partial charge on any atom is -0.397 e. The molecule has 1 atom stereocenters. The Morgan fingerprint density at radius 1 is 1.35 bits per heavy atom. The number of fused-ring (bicyclic) bond motifs is 1. The second-order valence-corrected chi connectivity index (χ2v) is 5.27. The van der Waals surface area contributed by atoms with E-state index in [0.717, 1.165) is 35.4 Å². The highest BCUT2D eigenvalue weighted by Gasteiger charge is 2.07. The number of hydrogen-bond acceptors (Lipinski definition) is 4. The van der Waals surface area contributed by atoms with Crippen molar-refractivity contribution in [3.63, 3.8) is 0 Å². The smallest absolute Gasteiger partial charge is 0.0951 e. The summed E-state index contributed by atoms with van der Waals surface area (Å²) >= 11 is 0.